The van der Waals surface area contributed by atoms with Crippen molar-refractivity contribution in [2.24, 2.45) is 0 Å². The third-order valence-electron chi connectivity index (χ3n) is 1.50. The summed E-state index contributed by atoms with van der Waals surface area (Å²) >= 11 is 17.1. The molecule has 5 nitrogen and oxygen atoms in total. The Labute approximate surface area is 103 Å². The van der Waals surface area contributed by atoms with Crippen molar-refractivity contribution < 1.29 is 0 Å². The van der Waals surface area contributed by atoms with Gasteiger partial charge in [0.2, 0.25) is 15.7 Å². The number of alkyl halides is 3. The zero-order valence-electron chi connectivity index (χ0n) is 8.42. The molecule has 0 amide bonds. The molecule has 0 saturated carbocycles. The average Bonchev–Trinajstić information content (AvgIpc) is 2.15. The van der Waals surface area contributed by atoms with E-state index in [1.807, 2.05) is 0 Å². The fourth-order valence-corrected chi connectivity index (χ4v) is 1.06. The largest absolute Gasteiger partial charge is 0.357 e. The monoisotopic (exact) mass is 269 g/mol. The maximum Gasteiger partial charge on any atom is 0.250 e. The number of nitrogens with one attached hydrogen (secondary N) is 1. The van der Waals surface area contributed by atoms with Crippen molar-refractivity contribution in [2.75, 3.05) is 31.4 Å². The van der Waals surface area contributed by atoms with Gasteiger partial charge in [-0.2, -0.15) is 15.0 Å². The van der Waals surface area contributed by atoms with Crippen LogP contribution in [0.2, 0.25) is 0 Å². The molecule has 15 heavy (non-hydrogen) atoms. The van der Waals surface area contributed by atoms with Crippen molar-refractivity contribution in [3.05, 3.63) is 5.82 Å². The summed E-state index contributed by atoms with van der Waals surface area (Å²) in [5, 5.41) is 2.77. The Hall–Kier alpha value is -0.520. The number of hydrogen-bond acceptors (Lipinski definition) is 5. The van der Waals surface area contributed by atoms with Crippen LogP contribution in [0.15, 0.2) is 0 Å². The van der Waals surface area contributed by atoms with Crippen molar-refractivity contribution in [2.45, 2.75) is 3.79 Å². The van der Waals surface area contributed by atoms with Gasteiger partial charge in [0, 0.05) is 21.1 Å². The van der Waals surface area contributed by atoms with E-state index in [1.165, 1.54) is 0 Å². The zero-order chi connectivity index (χ0) is 11.6. The first kappa shape index (κ1) is 12.5. The van der Waals surface area contributed by atoms with Gasteiger partial charge in [0.15, 0.2) is 5.82 Å². The summed E-state index contributed by atoms with van der Waals surface area (Å²) in [5.74, 6) is 0.876. The van der Waals surface area contributed by atoms with E-state index < -0.39 is 3.79 Å². The minimum Gasteiger partial charge on any atom is -0.357 e. The third-order valence-corrected chi connectivity index (χ3v) is 2.01. The molecule has 0 spiro atoms. The molecule has 0 radical (unpaired) electrons. The van der Waals surface area contributed by atoms with E-state index in [2.05, 4.69) is 20.3 Å². The predicted molar refractivity (Wildman–Crippen MR) is 62.9 cm³/mol. The van der Waals surface area contributed by atoms with Crippen molar-refractivity contribution in [3.8, 4) is 0 Å². The zero-order valence-corrected chi connectivity index (χ0v) is 10.7. The van der Waals surface area contributed by atoms with E-state index >= 15 is 0 Å². The van der Waals surface area contributed by atoms with Crippen molar-refractivity contribution >= 4 is 46.7 Å². The lowest BCUT2D eigenvalue weighted by Crippen LogP contribution is -2.18. The highest BCUT2D eigenvalue weighted by atomic mass is 35.6. The van der Waals surface area contributed by atoms with Gasteiger partial charge in [-0.25, -0.2) is 0 Å². The second-order valence-corrected chi connectivity index (χ2v) is 5.21. The number of nitrogens with zero attached hydrogens (tertiary/aromatic N) is 4. The summed E-state index contributed by atoms with van der Waals surface area (Å²) in [6.45, 7) is 0. The second-order valence-electron chi connectivity index (χ2n) is 2.92. The fraction of sp³-hybridized carbons (Fsp3) is 0.571. The van der Waals surface area contributed by atoms with E-state index in [1.54, 1.807) is 26.0 Å². The molecule has 0 saturated heterocycles. The molecule has 0 aliphatic carbocycles. The maximum atomic E-state index is 5.70. The number of anilines is 2. The molecule has 0 aromatic carbocycles. The minimum atomic E-state index is -1.65. The summed E-state index contributed by atoms with van der Waals surface area (Å²) in [4.78, 5) is 13.7. The number of aromatic nitrogens is 3. The highest BCUT2D eigenvalue weighted by Gasteiger charge is 2.28. The molecule has 0 atom stereocenters. The molecular formula is C7H10Cl3N5. The maximum absolute atomic E-state index is 5.70. The summed E-state index contributed by atoms with van der Waals surface area (Å²) in [6.07, 6.45) is 0. The minimum absolute atomic E-state index is 0.0931. The molecular weight excluding hydrogens is 260 g/mol. The lowest BCUT2D eigenvalue weighted by Gasteiger charge is -2.15. The van der Waals surface area contributed by atoms with Gasteiger partial charge in [0.1, 0.15) is 0 Å². The van der Waals surface area contributed by atoms with Gasteiger partial charge in [0.25, 0.3) is 0 Å². The van der Waals surface area contributed by atoms with Crippen molar-refractivity contribution in [3.63, 3.8) is 0 Å². The third kappa shape index (κ3) is 3.22. The molecule has 1 aromatic rings. The topological polar surface area (TPSA) is 53.9 Å². The molecule has 1 aromatic heterocycles. The quantitative estimate of drug-likeness (QED) is 0.831. The number of hydrogen-bond donors (Lipinski definition) is 1. The first-order valence-corrected chi connectivity index (χ1v) is 5.16. The molecule has 0 bridgehead atoms. The summed E-state index contributed by atoms with van der Waals surface area (Å²) < 4.78 is -1.65. The van der Waals surface area contributed by atoms with E-state index in [4.69, 9.17) is 34.8 Å². The predicted octanol–water partition coefficient (Wildman–Crippen LogP) is 1.81. The first-order chi connectivity index (χ1) is 6.84. The van der Waals surface area contributed by atoms with Gasteiger partial charge in [-0.3, -0.25) is 0 Å². The molecule has 0 unspecified atom stereocenters. The van der Waals surface area contributed by atoms with Crippen LogP contribution < -0.4 is 10.2 Å². The normalized spacial score (nSPS) is 11.3. The SMILES string of the molecule is CNc1nc(N(C)C)nc(C(Cl)(Cl)Cl)n1. The van der Waals surface area contributed by atoms with Crippen LogP contribution in [0.1, 0.15) is 5.82 Å². The summed E-state index contributed by atoms with van der Waals surface area (Å²) in [5.41, 5.74) is 0. The Kier molecular flexibility index (Phi) is 3.81. The molecule has 0 fully saturated rings. The highest BCUT2D eigenvalue weighted by molar-refractivity contribution is 6.66. The van der Waals surface area contributed by atoms with Gasteiger partial charge in [-0.15, -0.1) is 0 Å². The van der Waals surface area contributed by atoms with Gasteiger partial charge in [-0.05, 0) is 0 Å². The van der Waals surface area contributed by atoms with E-state index in [-0.39, 0.29) is 5.82 Å². The molecule has 84 valence electrons. The Balaban J connectivity index is 3.23. The lowest BCUT2D eigenvalue weighted by atomic mass is 10.6. The fourth-order valence-electron chi connectivity index (χ4n) is 0.803. The molecule has 8 heteroatoms. The Morgan fingerprint density at radius 3 is 2.13 bits per heavy atom. The second kappa shape index (κ2) is 4.55. The first-order valence-electron chi connectivity index (χ1n) is 4.03. The van der Waals surface area contributed by atoms with Gasteiger partial charge in [0.05, 0.1) is 0 Å². The number of rotatable bonds is 2. The number of halogens is 3. The Morgan fingerprint density at radius 2 is 1.73 bits per heavy atom. The van der Waals surface area contributed by atoms with E-state index in [0.717, 1.165) is 0 Å². The van der Waals surface area contributed by atoms with Crippen LogP contribution in [0.25, 0.3) is 0 Å². The standard InChI is InChI=1S/C7H10Cl3N5/c1-11-5-12-4(7(8,9)10)13-6(14-5)15(2)3/h1-3H3,(H,11,12,13,14). The smallest absolute Gasteiger partial charge is 0.250 e. The molecule has 0 aliphatic heterocycles. The van der Waals surface area contributed by atoms with Crippen LogP contribution in [0.4, 0.5) is 11.9 Å². The van der Waals surface area contributed by atoms with E-state index in [9.17, 15) is 0 Å². The van der Waals surface area contributed by atoms with Crippen LogP contribution in [0.3, 0.4) is 0 Å². The van der Waals surface area contributed by atoms with Gasteiger partial charge >= 0.3 is 0 Å². The Bertz CT molecular complexity index is 349. The molecule has 1 rings (SSSR count). The molecule has 1 N–H and O–H groups in total. The molecule has 1 heterocycles. The summed E-state index contributed by atoms with van der Waals surface area (Å²) in [7, 11) is 5.25. The van der Waals surface area contributed by atoms with Crippen LogP contribution in [-0.2, 0) is 3.79 Å². The lowest BCUT2D eigenvalue weighted by molar-refractivity contribution is 0.885. The Morgan fingerprint density at radius 1 is 1.13 bits per heavy atom. The van der Waals surface area contributed by atoms with Crippen LogP contribution in [0.5, 0.6) is 0 Å². The van der Waals surface area contributed by atoms with Crippen LogP contribution in [-0.4, -0.2) is 36.1 Å². The van der Waals surface area contributed by atoms with E-state index in [0.29, 0.717) is 11.9 Å². The summed E-state index contributed by atoms with van der Waals surface area (Å²) in [6, 6.07) is 0. The molecule has 0 aliphatic rings. The highest BCUT2D eigenvalue weighted by Crippen LogP contribution is 2.36. The van der Waals surface area contributed by atoms with Gasteiger partial charge < -0.3 is 10.2 Å². The van der Waals surface area contributed by atoms with Crippen molar-refractivity contribution in [1.82, 2.24) is 15.0 Å². The van der Waals surface area contributed by atoms with Gasteiger partial charge in [-0.1, -0.05) is 34.8 Å². The van der Waals surface area contributed by atoms with Crippen LogP contribution >= 0.6 is 34.8 Å². The van der Waals surface area contributed by atoms with Crippen molar-refractivity contribution in [1.29, 1.82) is 0 Å². The average molecular weight is 271 g/mol. The van der Waals surface area contributed by atoms with Crippen LogP contribution in [0, 0.1) is 0 Å².